The lowest BCUT2D eigenvalue weighted by Gasteiger charge is -2.14. The Kier molecular flexibility index (Phi) is 4.83. The van der Waals surface area contributed by atoms with Crippen LogP contribution in [0.2, 0.25) is 0 Å². The van der Waals surface area contributed by atoms with E-state index in [0.29, 0.717) is 5.92 Å². The van der Waals surface area contributed by atoms with E-state index >= 15 is 0 Å². The van der Waals surface area contributed by atoms with Crippen LogP contribution in [-0.4, -0.2) is 11.2 Å². The monoisotopic (exact) mass is 206 g/mol. The molecule has 0 aliphatic carbocycles. The summed E-state index contributed by atoms with van der Waals surface area (Å²) < 4.78 is 0. The fourth-order valence-electron chi connectivity index (χ4n) is 1.73. The Balaban J connectivity index is 2.35. The molecule has 0 bridgehead atoms. The van der Waals surface area contributed by atoms with Crippen LogP contribution in [0, 0.1) is 12.8 Å². The van der Waals surface area contributed by atoms with Crippen LogP contribution in [0.4, 0.5) is 0 Å². The van der Waals surface area contributed by atoms with E-state index in [-0.39, 0.29) is 6.10 Å². The third-order valence-corrected chi connectivity index (χ3v) is 2.98. The highest BCUT2D eigenvalue weighted by molar-refractivity contribution is 5.25. The van der Waals surface area contributed by atoms with Gasteiger partial charge < -0.3 is 5.11 Å². The molecule has 1 unspecified atom stereocenters. The zero-order chi connectivity index (χ0) is 11.3. The van der Waals surface area contributed by atoms with Gasteiger partial charge in [0, 0.05) is 0 Å². The second-order valence-corrected chi connectivity index (χ2v) is 4.63. The van der Waals surface area contributed by atoms with Crippen LogP contribution in [0.5, 0.6) is 0 Å². The Hall–Kier alpha value is -0.820. The molecule has 0 fully saturated rings. The second kappa shape index (κ2) is 5.92. The highest BCUT2D eigenvalue weighted by atomic mass is 16.3. The summed E-state index contributed by atoms with van der Waals surface area (Å²) in [4.78, 5) is 0. The smallest absolute Gasteiger partial charge is 0.0563 e. The van der Waals surface area contributed by atoms with Gasteiger partial charge in [0.1, 0.15) is 0 Å². The van der Waals surface area contributed by atoms with Crippen molar-refractivity contribution in [2.45, 2.75) is 46.1 Å². The summed E-state index contributed by atoms with van der Waals surface area (Å²) in [5.74, 6) is 0.377. The van der Waals surface area contributed by atoms with E-state index in [1.54, 1.807) is 0 Å². The van der Waals surface area contributed by atoms with Crippen molar-refractivity contribution < 1.29 is 5.11 Å². The van der Waals surface area contributed by atoms with Gasteiger partial charge in [-0.15, -0.1) is 0 Å². The maximum absolute atomic E-state index is 9.67. The maximum atomic E-state index is 9.67. The van der Waals surface area contributed by atoms with Crippen molar-refractivity contribution in [3.05, 3.63) is 35.4 Å². The normalized spacial score (nSPS) is 13.1. The molecule has 0 saturated carbocycles. The Morgan fingerprint density at radius 1 is 1.20 bits per heavy atom. The molecule has 0 aromatic heterocycles. The summed E-state index contributed by atoms with van der Waals surface area (Å²) in [6.45, 7) is 6.28. The SMILES string of the molecule is Cc1ccccc1CCCC(O)C(C)C. The van der Waals surface area contributed by atoms with Gasteiger partial charge in [-0.2, -0.15) is 0 Å². The minimum absolute atomic E-state index is 0.144. The van der Waals surface area contributed by atoms with Crippen molar-refractivity contribution in [2.75, 3.05) is 0 Å². The summed E-state index contributed by atoms with van der Waals surface area (Å²) in [6.07, 6.45) is 2.92. The van der Waals surface area contributed by atoms with Gasteiger partial charge in [-0.3, -0.25) is 0 Å². The number of aryl methyl sites for hydroxylation is 2. The van der Waals surface area contributed by atoms with Gasteiger partial charge in [-0.1, -0.05) is 38.1 Å². The van der Waals surface area contributed by atoms with Gasteiger partial charge in [0.25, 0.3) is 0 Å². The topological polar surface area (TPSA) is 20.2 Å². The molecule has 1 nitrogen and oxygen atoms in total. The van der Waals surface area contributed by atoms with Crippen molar-refractivity contribution in [3.8, 4) is 0 Å². The predicted molar refractivity (Wildman–Crippen MR) is 65.0 cm³/mol. The molecule has 1 heteroatoms. The third-order valence-electron chi connectivity index (χ3n) is 2.98. The lowest BCUT2D eigenvalue weighted by Crippen LogP contribution is -2.14. The number of hydrogen-bond acceptors (Lipinski definition) is 1. The number of hydrogen-bond donors (Lipinski definition) is 1. The molecule has 1 aromatic rings. The Bertz CT molecular complexity index is 291. The molecular weight excluding hydrogens is 184 g/mol. The Morgan fingerprint density at radius 2 is 1.87 bits per heavy atom. The van der Waals surface area contributed by atoms with Gasteiger partial charge in [0.15, 0.2) is 0 Å². The van der Waals surface area contributed by atoms with Gasteiger partial charge in [-0.25, -0.2) is 0 Å². The van der Waals surface area contributed by atoms with E-state index in [9.17, 15) is 5.11 Å². The quantitative estimate of drug-likeness (QED) is 0.783. The summed E-state index contributed by atoms with van der Waals surface area (Å²) in [5.41, 5.74) is 2.77. The van der Waals surface area contributed by atoms with Crippen LogP contribution >= 0.6 is 0 Å². The van der Waals surface area contributed by atoms with Crippen molar-refractivity contribution in [3.63, 3.8) is 0 Å². The summed E-state index contributed by atoms with van der Waals surface area (Å²) in [6, 6.07) is 8.48. The highest BCUT2D eigenvalue weighted by Crippen LogP contribution is 2.14. The van der Waals surface area contributed by atoms with Gasteiger partial charge >= 0.3 is 0 Å². The molecule has 0 aliphatic rings. The number of rotatable bonds is 5. The van der Waals surface area contributed by atoms with Gasteiger partial charge in [0.2, 0.25) is 0 Å². The average Bonchev–Trinajstić information content (AvgIpc) is 2.20. The summed E-state index contributed by atoms with van der Waals surface area (Å²) >= 11 is 0. The zero-order valence-electron chi connectivity index (χ0n) is 10.0. The van der Waals surface area contributed by atoms with E-state index in [1.165, 1.54) is 11.1 Å². The van der Waals surface area contributed by atoms with E-state index in [1.807, 2.05) is 0 Å². The third kappa shape index (κ3) is 4.05. The number of aliphatic hydroxyl groups is 1. The van der Waals surface area contributed by atoms with E-state index in [4.69, 9.17) is 0 Å². The van der Waals surface area contributed by atoms with Crippen LogP contribution in [0.25, 0.3) is 0 Å². The lowest BCUT2D eigenvalue weighted by atomic mass is 9.98. The molecule has 1 N–H and O–H groups in total. The van der Waals surface area contributed by atoms with Crippen LogP contribution in [0.1, 0.15) is 37.8 Å². The highest BCUT2D eigenvalue weighted by Gasteiger charge is 2.08. The summed E-state index contributed by atoms with van der Waals surface area (Å²) in [7, 11) is 0. The van der Waals surface area contributed by atoms with E-state index < -0.39 is 0 Å². The average molecular weight is 206 g/mol. The molecule has 0 heterocycles. The van der Waals surface area contributed by atoms with E-state index in [0.717, 1.165) is 19.3 Å². The van der Waals surface area contributed by atoms with Crippen molar-refractivity contribution in [1.29, 1.82) is 0 Å². The second-order valence-electron chi connectivity index (χ2n) is 4.63. The largest absolute Gasteiger partial charge is 0.393 e. The van der Waals surface area contributed by atoms with Crippen LogP contribution < -0.4 is 0 Å². The Labute approximate surface area is 93.1 Å². The van der Waals surface area contributed by atoms with Crippen LogP contribution in [-0.2, 0) is 6.42 Å². The first-order valence-electron chi connectivity index (χ1n) is 5.84. The molecule has 1 rings (SSSR count). The fraction of sp³-hybridized carbons (Fsp3) is 0.571. The lowest BCUT2D eigenvalue weighted by molar-refractivity contribution is 0.114. The van der Waals surface area contributed by atoms with Crippen LogP contribution in [0.3, 0.4) is 0 Å². The van der Waals surface area contributed by atoms with Crippen LogP contribution in [0.15, 0.2) is 24.3 Å². The molecule has 1 atom stereocenters. The molecule has 0 aliphatic heterocycles. The first-order chi connectivity index (χ1) is 7.11. The zero-order valence-corrected chi connectivity index (χ0v) is 10.0. The van der Waals surface area contributed by atoms with Gasteiger partial charge in [0.05, 0.1) is 6.10 Å². The van der Waals surface area contributed by atoms with Crippen molar-refractivity contribution in [1.82, 2.24) is 0 Å². The first-order valence-corrected chi connectivity index (χ1v) is 5.84. The van der Waals surface area contributed by atoms with Crippen molar-refractivity contribution >= 4 is 0 Å². The molecule has 1 aromatic carbocycles. The maximum Gasteiger partial charge on any atom is 0.0563 e. The molecule has 0 spiro atoms. The van der Waals surface area contributed by atoms with Crippen molar-refractivity contribution in [2.24, 2.45) is 5.92 Å². The summed E-state index contributed by atoms with van der Waals surface area (Å²) in [5, 5.41) is 9.67. The predicted octanol–water partition coefficient (Wildman–Crippen LogP) is 3.33. The molecule has 0 radical (unpaired) electrons. The molecule has 0 saturated heterocycles. The van der Waals surface area contributed by atoms with E-state index in [2.05, 4.69) is 45.0 Å². The number of aliphatic hydroxyl groups excluding tert-OH is 1. The minimum Gasteiger partial charge on any atom is -0.393 e. The minimum atomic E-state index is -0.144. The molecule has 0 amide bonds. The first kappa shape index (κ1) is 12.3. The standard InChI is InChI=1S/C14H22O/c1-11(2)14(15)10-6-9-13-8-5-4-7-12(13)3/h4-5,7-8,11,14-15H,6,9-10H2,1-3H3. The fourth-order valence-corrected chi connectivity index (χ4v) is 1.73. The molecule has 15 heavy (non-hydrogen) atoms. The number of benzene rings is 1. The van der Waals surface area contributed by atoms with Gasteiger partial charge in [-0.05, 0) is 43.2 Å². The molecular formula is C14H22O. The Morgan fingerprint density at radius 3 is 2.47 bits per heavy atom. The molecule has 84 valence electrons.